The van der Waals surface area contributed by atoms with Gasteiger partial charge in [-0.05, 0) is 37.6 Å². The number of amides is 1. The van der Waals surface area contributed by atoms with E-state index in [1.807, 2.05) is 92.7 Å². The van der Waals surface area contributed by atoms with Crippen LogP contribution in [0.5, 0.6) is 0 Å². The first-order valence-electron chi connectivity index (χ1n) is 10.8. The highest BCUT2D eigenvalue weighted by atomic mass is 35.5. The Labute approximate surface area is 208 Å². The third-order valence-electron chi connectivity index (χ3n) is 5.39. The van der Waals surface area contributed by atoms with Crippen molar-refractivity contribution in [2.75, 3.05) is 5.32 Å². The van der Waals surface area contributed by atoms with E-state index in [9.17, 15) is 10.1 Å². The summed E-state index contributed by atoms with van der Waals surface area (Å²) >= 11 is 7.76. The number of hydrogen-bond donors (Lipinski definition) is 1. The van der Waals surface area contributed by atoms with Crippen molar-refractivity contribution in [3.05, 3.63) is 101 Å². The lowest BCUT2D eigenvalue weighted by Gasteiger charge is -2.17. The number of carbonyl (C=O) groups is 1. The summed E-state index contributed by atoms with van der Waals surface area (Å²) in [5.41, 5.74) is 5.21. The van der Waals surface area contributed by atoms with Gasteiger partial charge in [-0.25, -0.2) is 4.98 Å². The molecule has 0 fully saturated rings. The summed E-state index contributed by atoms with van der Waals surface area (Å²) < 4.78 is 0. The molecule has 4 nitrogen and oxygen atoms in total. The molecule has 168 valence electrons. The van der Waals surface area contributed by atoms with Gasteiger partial charge in [0.15, 0.2) is 0 Å². The Balaban J connectivity index is 1.76. The van der Waals surface area contributed by atoms with Gasteiger partial charge < -0.3 is 5.32 Å². The van der Waals surface area contributed by atoms with Crippen molar-refractivity contribution in [1.29, 1.82) is 5.26 Å². The van der Waals surface area contributed by atoms with Crippen LogP contribution in [0.1, 0.15) is 18.1 Å². The highest BCUT2D eigenvalue weighted by Crippen LogP contribution is 2.38. The fourth-order valence-electron chi connectivity index (χ4n) is 3.53. The zero-order valence-electron chi connectivity index (χ0n) is 18.7. The van der Waals surface area contributed by atoms with Crippen LogP contribution in [-0.2, 0) is 4.79 Å². The smallest absolute Gasteiger partial charge is 0.237 e. The number of aromatic nitrogens is 1. The van der Waals surface area contributed by atoms with Crippen LogP contribution in [0.4, 0.5) is 5.69 Å². The van der Waals surface area contributed by atoms with Gasteiger partial charge in [0, 0.05) is 27.4 Å². The summed E-state index contributed by atoms with van der Waals surface area (Å²) in [7, 11) is 0. The molecule has 0 unspecified atom stereocenters. The Morgan fingerprint density at radius 3 is 2.38 bits per heavy atom. The second kappa shape index (κ2) is 10.6. The van der Waals surface area contributed by atoms with E-state index in [0.29, 0.717) is 26.9 Å². The highest BCUT2D eigenvalue weighted by Gasteiger charge is 2.22. The summed E-state index contributed by atoms with van der Waals surface area (Å²) in [5.74, 6) is -0.158. The molecule has 0 aliphatic heterocycles. The second-order valence-corrected chi connectivity index (χ2v) is 9.49. The number of pyridine rings is 1. The molecular formula is C28H22ClN3OS. The van der Waals surface area contributed by atoms with E-state index >= 15 is 0 Å². The number of nitriles is 1. The number of aryl methyl sites for hydroxylation is 1. The fourth-order valence-corrected chi connectivity index (χ4v) is 4.70. The van der Waals surface area contributed by atoms with Crippen LogP contribution >= 0.6 is 23.4 Å². The first kappa shape index (κ1) is 23.6. The predicted octanol–water partition coefficient (Wildman–Crippen LogP) is 7.37. The molecule has 1 amide bonds. The first-order chi connectivity index (χ1) is 16.5. The van der Waals surface area contributed by atoms with E-state index in [-0.39, 0.29) is 5.91 Å². The molecule has 0 saturated heterocycles. The van der Waals surface area contributed by atoms with Crippen LogP contribution in [0.25, 0.3) is 22.4 Å². The number of halogens is 1. The van der Waals surface area contributed by atoms with Crippen LogP contribution in [0.15, 0.2) is 90.0 Å². The Morgan fingerprint density at radius 2 is 1.68 bits per heavy atom. The van der Waals surface area contributed by atoms with Crippen molar-refractivity contribution in [3.8, 4) is 28.5 Å². The highest BCUT2D eigenvalue weighted by molar-refractivity contribution is 8.00. The number of hydrogen-bond acceptors (Lipinski definition) is 4. The van der Waals surface area contributed by atoms with Crippen LogP contribution in [0, 0.1) is 18.3 Å². The van der Waals surface area contributed by atoms with E-state index in [0.717, 1.165) is 22.4 Å². The van der Waals surface area contributed by atoms with Gasteiger partial charge in [0.2, 0.25) is 5.91 Å². The van der Waals surface area contributed by atoms with Crippen molar-refractivity contribution < 1.29 is 4.79 Å². The molecule has 1 atom stereocenters. The maximum atomic E-state index is 13.0. The standard InChI is InChI=1S/C28H22ClN3OS/c1-18-10-6-9-15-25(18)31-27(33)19(2)34-28-23(17-30)22(21-13-7-8-14-24(21)29)16-26(32-28)20-11-4-3-5-12-20/h3-16,19H,1-2H3,(H,31,33)/t19-/m1/s1. The van der Waals surface area contributed by atoms with Crippen LogP contribution in [0.3, 0.4) is 0 Å². The normalized spacial score (nSPS) is 11.5. The summed E-state index contributed by atoms with van der Waals surface area (Å²) in [6, 6.07) is 29.0. The maximum Gasteiger partial charge on any atom is 0.237 e. The Bertz CT molecular complexity index is 1380. The van der Waals surface area contributed by atoms with E-state index in [2.05, 4.69) is 11.4 Å². The molecule has 1 N–H and O–H groups in total. The van der Waals surface area contributed by atoms with Gasteiger partial charge in [-0.1, -0.05) is 90.1 Å². The van der Waals surface area contributed by atoms with Gasteiger partial charge in [0.1, 0.15) is 11.1 Å². The quantitative estimate of drug-likeness (QED) is 0.291. The summed E-state index contributed by atoms with van der Waals surface area (Å²) in [4.78, 5) is 17.8. The largest absolute Gasteiger partial charge is 0.325 e. The third kappa shape index (κ3) is 5.14. The molecule has 34 heavy (non-hydrogen) atoms. The molecule has 1 heterocycles. The fraction of sp³-hybridized carbons (Fsp3) is 0.107. The molecule has 0 radical (unpaired) electrons. The summed E-state index contributed by atoms with van der Waals surface area (Å²) in [6.45, 7) is 3.76. The minimum absolute atomic E-state index is 0.158. The van der Waals surface area contributed by atoms with Crippen molar-refractivity contribution in [2.24, 2.45) is 0 Å². The molecule has 0 aliphatic rings. The third-order valence-corrected chi connectivity index (χ3v) is 6.81. The van der Waals surface area contributed by atoms with Gasteiger partial charge in [-0.15, -0.1) is 0 Å². The Morgan fingerprint density at radius 1 is 1.00 bits per heavy atom. The lowest BCUT2D eigenvalue weighted by molar-refractivity contribution is -0.115. The molecule has 6 heteroatoms. The molecule has 0 aliphatic carbocycles. The van der Waals surface area contributed by atoms with Crippen molar-refractivity contribution in [1.82, 2.24) is 4.98 Å². The number of thioether (sulfide) groups is 1. The average Bonchev–Trinajstić information content (AvgIpc) is 2.85. The Hall–Kier alpha value is -3.59. The van der Waals surface area contributed by atoms with E-state index in [4.69, 9.17) is 16.6 Å². The molecule has 1 aromatic heterocycles. The average molecular weight is 484 g/mol. The molecule has 0 spiro atoms. The maximum absolute atomic E-state index is 13.0. The zero-order chi connectivity index (χ0) is 24.1. The minimum Gasteiger partial charge on any atom is -0.325 e. The number of nitrogens with zero attached hydrogens (tertiary/aromatic N) is 2. The van der Waals surface area contributed by atoms with Crippen molar-refractivity contribution >= 4 is 35.0 Å². The van der Waals surface area contributed by atoms with Gasteiger partial charge in [0.05, 0.1) is 16.5 Å². The van der Waals surface area contributed by atoms with Gasteiger partial charge in [0.25, 0.3) is 0 Å². The minimum atomic E-state index is -0.482. The number of nitrogens with one attached hydrogen (secondary N) is 1. The molecule has 4 aromatic rings. The summed E-state index contributed by atoms with van der Waals surface area (Å²) in [6.07, 6.45) is 0. The molecule has 4 rings (SSSR count). The molecule has 0 bridgehead atoms. The lowest BCUT2D eigenvalue weighted by atomic mass is 9.99. The second-order valence-electron chi connectivity index (χ2n) is 7.76. The Kier molecular flexibility index (Phi) is 7.32. The van der Waals surface area contributed by atoms with Crippen molar-refractivity contribution in [3.63, 3.8) is 0 Å². The predicted molar refractivity (Wildman–Crippen MR) is 140 cm³/mol. The topological polar surface area (TPSA) is 65.8 Å². The lowest BCUT2D eigenvalue weighted by Crippen LogP contribution is -2.23. The SMILES string of the molecule is Cc1ccccc1NC(=O)[C@@H](C)Sc1nc(-c2ccccc2)cc(-c2ccccc2Cl)c1C#N. The van der Waals surface area contributed by atoms with Gasteiger partial charge >= 0.3 is 0 Å². The van der Waals surface area contributed by atoms with Gasteiger partial charge in [-0.3, -0.25) is 4.79 Å². The number of para-hydroxylation sites is 1. The number of benzene rings is 3. The van der Waals surface area contributed by atoms with Gasteiger partial charge in [-0.2, -0.15) is 5.26 Å². The number of anilines is 1. The molecule has 3 aromatic carbocycles. The molecular weight excluding hydrogens is 462 g/mol. The van der Waals surface area contributed by atoms with E-state index in [1.54, 1.807) is 6.07 Å². The van der Waals surface area contributed by atoms with Crippen LogP contribution in [-0.4, -0.2) is 16.1 Å². The monoisotopic (exact) mass is 483 g/mol. The van der Waals surface area contributed by atoms with Crippen LogP contribution < -0.4 is 5.32 Å². The number of rotatable bonds is 6. The van der Waals surface area contributed by atoms with Crippen molar-refractivity contribution in [2.45, 2.75) is 24.1 Å². The first-order valence-corrected chi connectivity index (χ1v) is 12.0. The molecule has 0 saturated carbocycles. The number of carbonyl (C=O) groups excluding carboxylic acids is 1. The van der Waals surface area contributed by atoms with E-state index in [1.165, 1.54) is 11.8 Å². The zero-order valence-corrected chi connectivity index (χ0v) is 20.3. The summed E-state index contributed by atoms with van der Waals surface area (Å²) in [5, 5.41) is 13.6. The van der Waals surface area contributed by atoms with E-state index < -0.39 is 5.25 Å². The van der Waals surface area contributed by atoms with Crippen LogP contribution in [0.2, 0.25) is 5.02 Å².